The molecule has 0 radical (unpaired) electrons. The minimum absolute atomic E-state index is 0.194. The normalized spacial score (nSPS) is 10.2. The largest absolute Gasteiger partial charge is 0.351 e. The molecule has 2 N–H and O–H groups in total. The van der Waals surface area contributed by atoms with Gasteiger partial charge in [0.25, 0.3) is 5.91 Å². The number of carbonyl (C=O) groups is 1. The molecule has 0 aliphatic heterocycles. The zero-order chi connectivity index (χ0) is 15.2. The van der Waals surface area contributed by atoms with E-state index in [9.17, 15) is 13.6 Å². The van der Waals surface area contributed by atoms with Gasteiger partial charge in [-0.15, -0.1) is 0 Å². The summed E-state index contributed by atoms with van der Waals surface area (Å²) < 4.78 is 25.9. The van der Waals surface area contributed by atoms with E-state index in [0.717, 1.165) is 18.6 Å². The van der Waals surface area contributed by atoms with Gasteiger partial charge in [-0.25, -0.2) is 18.7 Å². The van der Waals surface area contributed by atoms with Crippen LogP contribution in [0.4, 0.5) is 20.3 Å². The molecule has 5 nitrogen and oxygen atoms in total. The van der Waals surface area contributed by atoms with E-state index in [4.69, 9.17) is 0 Å². The minimum atomic E-state index is -0.955. The number of anilines is 2. The Morgan fingerprint density at radius 2 is 2.00 bits per heavy atom. The first kappa shape index (κ1) is 14.8. The van der Waals surface area contributed by atoms with Crippen molar-refractivity contribution in [3.63, 3.8) is 0 Å². The predicted molar refractivity (Wildman–Crippen MR) is 74.3 cm³/mol. The van der Waals surface area contributed by atoms with E-state index in [-0.39, 0.29) is 11.6 Å². The lowest BCUT2D eigenvalue weighted by atomic mass is 10.3. The highest BCUT2D eigenvalue weighted by Crippen LogP contribution is 2.16. The lowest BCUT2D eigenvalue weighted by Gasteiger charge is -2.06. The minimum Gasteiger partial charge on any atom is -0.351 e. The summed E-state index contributed by atoms with van der Waals surface area (Å²) in [6.45, 7) is 2.51. The molecule has 0 bridgehead atoms. The van der Waals surface area contributed by atoms with Crippen LogP contribution in [0.2, 0.25) is 0 Å². The summed E-state index contributed by atoms with van der Waals surface area (Å²) in [7, 11) is 0. The van der Waals surface area contributed by atoms with Gasteiger partial charge in [0.2, 0.25) is 0 Å². The number of benzene rings is 1. The smallest absolute Gasteiger partial charge is 0.271 e. The highest BCUT2D eigenvalue weighted by molar-refractivity contribution is 5.92. The molecule has 1 amide bonds. The van der Waals surface area contributed by atoms with E-state index in [1.165, 1.54) is 18.5 Å². The Balaban J connectivity index is 2.05. The van der Waals surface area contributed by atoms with Crippen molar-refractivity contribution in [2.75, 3.05) is 11.9 Å². The highest BCUT2D eigenvalue weighted by Gasteiger charge is 2.07. The number of hydrogen-bond donors (Lipinski definition) is 2. The Morgan fingerprint density at radius 3 is 2.62 bits per heavy atom. The van der Waals surface area contributed by atoms with Gasteiger partial charge >= 0.3 is 0 Å². The molecule has 0 atom stereocenters. The number of rotatable bonds is 5. The van der Waals surface area contributed by atoms with Crippen LogP contribution in [0.1, 0.15) is 23.8 Å². The van der Waals surface area contributed by atoms with Crippen LogP contribution in [0.15, 0.2) is 30.6 Å². The molecular formula is C14H14F2N4O. The van der Waals surface area contributed by atoms with Crippen molar-refractivity contribution in [1.29, 1.82) is 0 Å². The number of nitrogens with one attached hydrogen (secondary N) is 2. The highest BCUT2D eigenvalue weighted by atomic mass is 19.2. The fraction of sp³-hybridized carbons (Fsp3) is 0.214. The zero-order valence-electron chi connectivity index (χ0n) is 11.4. The monoisotopic (exact) mass is 292 g/mol. The molecule has 2 aromatic rings. The van der Waals surface area contributed by atoms with Crippen LogP contribution >= 0.6 is 0 Å². The molecule has 1 heterocycles. The standard InChI is InChI=1S/C14H14F2N4O/c1-2-5-17-14(21)12-7-19-13(8-18-12)20-9-3-4-10(15)11(16)6-9/h3-4,6-8H,2,5H2,1H3,(H,17,21)(H,19,20). The van der Waals surface area contributed by atoms with Crippen LogP contribution in [0.5, 0.6) is 0 Å². The van der Waals surface area contributed by atoms with E-state index in [1.807, 2.05) is 6.92 Å². The van der Waals surface area contributed by atoms with E-state index in [0.29, 0.717) is 18.1 Å². The van der Waals surface area contributed by atoms with Gasteiger partial charge in [0.05, 0.1) is 12.4 Å². The van der Waals surface area contributed by atoms with Crippen LogP contribution in [0.3, 0.4) is 0 Å². The lowest BCUT2D eigenvalue weighted by molar-refractivity contribution is 0.0948. The number of amides is 1. The Bertz CT molecular complexity index is 631. The van der Waals surface area contributed by atoms with Gasteiger partial charge in [0.15, 0.2) is 11.6 Å². The maximum atomic E-state index is 13.1. The molecule has 0 unspecified atom stereocenters. The molecule has 110 valence electrons. The van der Waals surface area contributed by atoms with Gasteiger partial charge < -0.3 is 10.6 Å². The quantitative estimate of drug-likeness (QED) is 0.889. The van der Waals surface area contributed by atoms with Crippen LogP contribution in [-0.2, 0) is 0 Å². The number of aromatic nitrogens is 2. The van der Waals surface area contributed by atoms with Gasteiger partial charge in [-0.05, 0) is 18.6 Å². The SMILES string of the molecule is CCCNC(=O)c1cnc(Nc2ccc(F)c(F)c2)cn1. The second-order valence-electron chi connectivity index (χ2n) is 4.30. The third-order valence-electron chi connectivity index (χ3n) is 2.61. The number of nitrogens with zero attached hydrogens (tertiary/aromatic N) is 2. The van der Waals surface area contributed by atoms with Crippen LogP contribution in [0, 0.1) is 11.6 Å². The maximum absolute atomic E-state index is 13.1. The zero-order valence-corrected chi connectivity index (χ0v) is 11.4. The average molecular weight is 292 g/mol. The molecule has 0 aliphatic carbocycles. The van der Waals surface area contributed by atoms with Gasteiger partial charge in [-0.1, -0.05) is 6.92 Å². The first-order valence-corrected chi connectivity index (χ1v) is 6.42. The first-order valence-electron chi connectivity index (χ1n) is 6.42. The summed E-state index contributed by atoms with van der Waals surface area (Å²) in [5.41, 5.74) is 0.533. The van der Waals surface area contributed by atoms with Gasteiger partial charge in [-0.3, -0.25) is 4.79 Å². The average Bonchev–Trinajstić information content (AvgIpc) is 2.49. The number of halogens is 2. The van der Waals surface area contributed by atoms with Crippen LogP contribution < -0.4 is 10.6 Å². The topological polar surface area (TPSA) is 66.9 Å². The van der Waals surface area contributed by atoms with E-state index in [1.54, 1.807) is 0 Å². The maximum Gasteiger partial charge on any atom is 0.271 e. The van der Waals surface area contributed by atoms with E-state index >= 15 is 0 Å². The Morgan fingerprint density at radius 1 is 1.19 bits per heavy atom. The van der Waals surface area contributed by atoms with Crippen molar-refractivity contribution in [1.82, 2.24) is 15.3 Å². The van der Waals surface area contributed by atoms with Crippen molar-refractivity contribution < 1.29 is 13.6 Å². The predicted octanol–water partition coefficient (Wildman–Crippen LogP) is 2.64. The molecule has 21 heavy (non-hydrogen) atoms. The molecular weight excluding hydrogens is 278 g/mol. The first-order chi connectivity index (χ1) is 10.1. The molecule has 0 spiro atoms. The number of carbonyl (C=O) groups excluding carboxylic acids is 1. The number of hydrogen-bond acceptors (Lipinski definition) is 4. The second-order valence-corrected chi connectivity index (χ2v) is 4.30. The molecule has 1 aromatic heterocycles. The summed E-state index contributed by atoms with van der Waals surface area (Å²) in [4.78, 5) is 19.6. The van der Waals surface area contributed by atoms with Gasteiger partial charge in [0, 0.05) is 18.3 Å². The van der Waals surface area contributed by atoms with Crippen molar-refractivity contribution in [2.45, 2.75) is 13.3 Å². The van der Waals surface area contributed by atoms with Crippen LogP contribution in [0.25, 0.3) is 0 Å². The van der Waals surface area contributed by atoms with Gasteiger partial charge in [0.1, 0.15) is 11.5 Å². The molecule has 0 fully saturated rings. The van der Waals surface area contributed by atoms with Crippen molar-refractivity contribution >= 4 is 17.4 Å². The molecule has 1 aromatic carbocycles. The van der Waals surface area contributed by atoms with E-state index < -0.39 is 11.6 Å². The third-order valence-corrected chi connectivity index (χ3v) is 2.61. The fourth-order valence-corrected chi connectivity index (χ4v) is 1.56. The molecule has 2 rings (SSSR count). The fourth-order valence-electron chi connectivity index (χ4n) is 1.56. The van der Waals surface area contributed by atoms with Crippen molar-refractivity contribution in [3.05, 3.63) is 47.9 Å². The molecule has 0 saturated heterocycles. The Kier molecular flexibility index (Phi) is 4.76. The van der Waals surface area contributed by atoms with Gasteiger partial charge in [-0.2, -0.15) is 0 Å². The Hall–Kier alpha value is -2.57. The van der Waals surface area contributed by atoms with E-state index in [2.05, 4.69) is 20.6 Å². The Labute approximate surface area is 120 Å². The second kappa shape index (κ2) is 6.74. The van der Waals surface area contributed by atoms with Crippen molar-refractivity contribution in [3.8, 4) is 0 Å². The lowest BCUT2D eigenvalue weighted by Crippen LogP contribution is -2.25. The summed E-state index contributed by atoms with van der Waals surface area (Å²) in [5.74, 6) is -1.85. The van der Waals surface area contributed by atoms with Crippen molar-refractivity contribution in [2.24, 2.45) is 0 Å². The molecule has 0 aliphatic rings. The summed E-state index contributed by atoms with van der Waals surface area (Å²) >= 11 is 0. The summed E-state index contributed by atoms with van der Waals surface area (Å²) in [6, 6.07) is 3.40. The summed E-state index contributed by atoms with van der Waals surface area (Å²) in [6.07, 6.45) is 3.49. The third kappa shape index (κ3) is 3.95. The molecule has 7 heteroatoms. The summed E-state index contributed by atoms with van der Waals surface area (Å²) in [5, 5.41) is 5.45. The van der Waals surface area contributed by atoms with Crippen LogP contribution in [-0.4, -0.2) is 22.4 Å². The molecule has 0 saturated carbocycles.